The predicted molar refractivity (Wildman–Crippen MR) is 90.6 cm³/mol. The monoisotopic (exact) mass is 331 g/mol. The summed E-state index contributed by atoms with van der Waals surface area (Å²) in [5.74, 6) is 2.17. The molecule has 0 amide bonds. The number of rotatable bonds is 6. The van der Waals surface area contributed by atoms with Gasteiger partial charge in [0.05, 0.1) is 25.3 Å². The quantitative estimate of drug-likeness (QED) is 0.877. The summed E-state index contributed by atoms with van der Waals surface area (Å²) in [7, 11) is 3.65. The van der Waals surface area contributed by atoms with Crippen LogP contribution in [0.4, 0.5) is 0 Å². The fraction of sp³-hybridized carbons (Fsp3) is 0.556. The third-order valence-corrected chi connectivity index (χ3v) is 4.64. The molecule has 130 valence electrons. The molecule has 1 saturated carbocycles. The molecular formula is C18H25N3O3. The molecule has 1 N–H and O–H groups in total. The van der Waals surface area contributed by atoms with Crippen molar-refractivity contribution in [1.82, 2.24) is 15.0 Å². The lowest BCUT2D eigenvalue weighted by molar-refractivity contribution is 0.0484. The Kier molecular flexibility index (Phi) is 5.48. The highest BCUT2D eigenvalue weighted by molar-refractivity contribution is 5.63. The van der Waals surface area contributed by atoms with Gasteiger partial charge in [-0.25, -0.2) is 0 Å². The normalized spacial score (nSPS) is 21.2. The highest BCUT2D eigenvalue weighted by Gasteiger charge is 2.24. The Morgan fingerprint density at radius 1 is 1.29 bits per heavy atom. The molecule has 1 aliphatic carbocycles. The van der Waals surface area contributed by atoms with Gasteiger partial charge in [-0.15, -0.1) is 0 Å². The van der Waals surface area contributed by atoms with E-state index < -0.39 is 0 Å². The van der Waals surface area contributed by atoms with Crippen LogP contribution >= 0.6 is 0 Å². The first-order valence-corrected chi connectivity index (χ1v) is 8.50. The fourth-order valence-electron chi connectivity index (χ4n) is 3.35. The molecule has 0 bridgehead atoms. The first-order valence-electron chi connectivity index (χ1n) is 8.50. The second-order valence-corrected chi connectivity index (χ2v) is 6.52. The Hall–Kier alpha value is -1.92. The van der Waals surface area contributed by atoms with Crippen LogP contribution in [0.5, 0.6) is 5.75 Å². The summed E-state index contributed by atoms with van der Waals surface area (Å²) in [4.78, 5) is 6.62. The molecule has 6 heteroatoms. The summed E-state index contributed by atoms with van der Waals surface area (Å²) in [6.45, 7) is 1.42. The average Bonchev–Trinajstić information content (AvgIpc) is 3.05. The fourth-order valence-corrected chi connectivity index (χ4v) is 3.35. The van der Waals surface area contributed by atoms with Gasteiger partial charge < -0.3 is 14.4 Å². The summed E-state index contributed by atoms with van der Waals surface area (Å²) in [5.41, 5.74) is 0.820. The van der Waals surface area contributed by atoms with E-state index in [2.05, 4.69) is 15.0 Å². The van der Waals surface area contributed by atoms with Crippen LogP contribution in [0.2, 0.25) is 0 Å². The van der Waals surface area contributed by atoms with Crippen LogP contribution in [-0.4, -0.2) is 47.0 Å². The summed E-state index contributed by atoms with van der Waals surface area (Å²) in [6, 6.07) is 7.62. The Morgan fingerprint density at radius 2 is 2.08 bits per heavy atom. The van der Waals surface area contributed by atoms with Crippen LogP contribution in [0.1, 0.15) is 31.6 Å². The number of para-hydroxylation sites is 1. The number of aliphatic hydroxyl groups is 1. The highest BCUT2D eigenvalue weighted by atomic mass is 16.5. The van der Waals surface area contributed by atoms with Crippen molar-refractivity contribution in [3.63, 3.8) is 0 Å². The molecule has 2 aromatic rings. The summed E-state index contributed by atoms with van der Waals surface area (Å²) in [5, 5.41) is 14.2. The van der Waals surface area contributed by atoms with Gasteiger partial charge in [-0.05, 0) is 37.9 Å². The van der Waals surface area contributed by atoms with Crippen molar-refractivity contribution in [3.05, 3.63) is 30.2 Å². The van der Waals surface area contributed by atoms with E-state index in [1.54, 1.807) is 7.11 Å². The van der Waals surface area contributed by atoms with E-state index in [1.165, 1.54) is 6.42 Å². The van der Waals surface area contributed by atoms with Gasteiger partial charge in [0.2, 0.25) is 11.7 Å². The van der Waals surface area contributed by atoms with E-state index in [0.717, 1.165) is 37.1 Å². The molecule has 1 aliphatic rings. The lowest BCUT2D eigenvalue weighted by Gasteiger charge is -2.30. The molecule has 0 radical (unpaired) electrons. The van der Waals surface area contributed by atoms with Crippen LogP contribution in [0.25, 0.3) is 11.4 Å². The molecule has 3 rings (SSSR count). The second kappa shape index (κ2) is 7.77. The van der Waals surface area contributed by atoms with Crippen molar-refractivity contribution in [2.24, 2.45) is 5.92 Å². The van der Waals surface area contributed by atoms with Crippen LogP contribution < -0.4 is 4.74 Å². The zero-order valence-electron chi connectivity index (χ0n) is 14.3. The van der Waals surface area contributed by atoms with Crippen molar-refractivity contribution in [1.29, 1.82) is 0 Å². The van der Waals surface area contributed by atoms with Gasteiger partial charge >= 0.3 is 0 Å². The van der Waals surface area contributed by atoms with Gasteiger partial charge in [0, 0.05) is 6.54 Å². The van der Waals surface area contributed by atoms with E-state index >= 15 is 0 Å². The number of nitrogens with zero attached hydrogens (tertiary/aromatic N) is 3. The summed E-state index contributed by atoms with van der Waals surface area (Å²) in [6.07, 6.45) is 4.15. The second-order valence-electron chi connectivity index (χ2n) is 6.52. The SMILES string of the molecule is COc1ccccc1-c1noc(CN(C)CC2CCCCC2O)n1. The predicted octanol–water partition coefficient (Wildman–Crippen LogP) is 2.73. The topological polar surface area (TPSA) is 71.6 Å². The highest BCUT2D eigenvalue weighted by Crippen LogP contribution is 2.28. The number of benzene rings is 1. The minimum atomic E-state index is -0.187. The van der Waals surface area contributed by atoms with Crippen LogP contribution in [0.3, 0.4) is 0 Å². The maximum atomic E-state index is 10.1. The van der Waals surface area contributed by atoms with Gasteiger partial charge in [0.1, 0.15) is 5.75 Å². The van der Waals surface area contributed by atoms with E-state index in [9.17, 15) is 5.11 Å². The van der Waals surface area contributed by atoms with Gasteiger partial charge in [-0.2, -0.15) is 4.98 Å². The van der Waals surface area contributed by atoms with Gasteiger partial charge in [-0.3, -0.25) is 4.90 Å². The maximum absolute atomic E-state index is 10.1. The van der Waals surface area contributed by atoms with Gasteiger partial charge in [0.15, 0.2) is 0 Å². The third kappa shape index (κ3) is 3.94. The molecule has 6 nitrogen and oxygen atoms in total. The molecule has 2 unspecified atom stereocenters. The molecule has 2 atom stereocenters. The molecule has 24 heavy (non-hydrogen) atoms. The molecule has 1 aromatic carbocycles. The molecule has 0 spiro atoms. The number of ether oxygens (including phenoxy) is 1. The summed E-state index contributed by atoms with van der Waals surface area (Å²) >= 11 is 0. The summed E-state index contributed by atoms with van der Waals surface area (Å²) < 4.78 is 10.7. The maximum Gasteiger partial charge on any atom is 0.241 e. The van der Waals surface area contributed by atoms with E-state index in [0.29, 0.717) is 24.2 Å². The van der Waals surface area contributed by atoms with E-state index in [1.807, 2.05) is 31.3 Å². The smallest absolute Gasteiger partial charge is 0.241 e. The first kappa shape index (κ1) is 16.9. The largest absolute Gasteiger partial charge is 0.496 e. The zero-order valence-corrected chi connectivity index (χ0v) is 14.3. The van der Waals surface area contributed by atoms with Crippen molar-refractivity contribution < 1.29 is 14.4 Å². The zero-order chi connectivity index (χ0) is 16.9. The van der Waals surface area contributed by atoms with Crippen molar-refractivity contribution in [3.8, 4) is 17.1 Å². The first-order chi connectivity index (χ1) is 11.7. The number of methoxy groups -OCH3 is 1. The number of aliphatic hydroxyl groups excluding tert-OH is 1. The minimum absolute atomic E-state index is 0.187. The lowest BCUT2D eigenvalue weighted by Crippen LogP contribution is -2.34. The Labute approximate surface area is 142 Å². The van der Waals surface area contributed by atoms with Gasteiger partial charge in [0.25, 0.3) is 0 Å². The van der Waals surface area contributed by atoms with Crippen molar-refractivity contribution in [2.45, 2.75) is 38.3 Å². The lowest BCUT2D eigenvalue weighted by atomic mass is 9.86. The average molecular weight is 331 g/mol. The molecular weight excluding hydrogens is 306 g/mol. The van der Waals surface area contributed by atoms with Crippen LogP contribution in [-0.2, 0) is 6.54 Å². The standard InChI is InChI=1S/C18H25N3O3/c1-21(11-13-7-3-5-9-15(13)22)12-17-19-18(20-24-17)14-8-4-6-10-16(14)23-2/h4,6,8,10,13,15,22H,3,5,7,9,11-12H2,1-2H3. The molecule has 1 heterocycles. The number of hydrogen-bond acceptors (Lipinski definition) is 6. The molecule has 0 saturated heterocycles. The Bertz CT molecular complexity index is 658. The number of hydrogen-bond donors (Lipinski definition) is 1. The molecule has 0 aliphatic heterocycles. The van der Waals surface area contributed by atoms with Crippen LogP contribution in [0, 0.1) is 5.92 Å². The Morgan fingerprint density at radius 3 is 2.88 bits per heavy atom. The van der Waals surface area contributed by atoms with E-state index in [-0.39, 0.29) is 6.10 Å². The van der Waals surface area contributed by atoms with Crippen molar-refractivity contribution in [2.75, 3.05) is 20.7 Å². The van der Waals surface area contributed by atoms with E-state index in [4.69, 9.17) is 9.26 Å². The van der Waals surface area contributed by atoms with Gasteiger partial charge in [-0.1, -0.05) is 30.1 Å². The molecule has 1 aromatic heterocycles. The number of aromatic nitrogens is 2. The van der Waals surface area contributed by atoms with Crippen molar-refractivity contribution >= 4 is 0 Å². The Balaban J connectivity index is 1.63. The third-order valence-electron chi connectivity index (χ3n) is 4.64. The van der Waals surface area contributed by atoms with Crippen LogP contribution in [0.15, 0.2) is 28.8 Å². The molecule has 1 fully saturated rings. The minimum Gasteiger partial charge on any atom is -0.496 e.